The van der Waals surface area contributed by atoms with E-state index >= 15 is 0 Å². The molecule has 0 saturated carbocycles. The fraction of sp³-hybridized carbons (Fsp3) is 0.647. The molecule has 0 bridgehead atoms. The van der Waals surface area contributed by atoms with Gasteiger partial charge in [0.05, 0.1) is 26.4 Å². The number of rotatable bonds is 13. The molecule has 1 N–H and O–H groups in total. The lowest BCUT2D eigenvalue weighted by atomic mass is 10.1. The van der Waals surface area contributed by atoms with E-state index in [9.17, 15) is 19.2 Å². The molecule has 3 amide bonds. The number of nitrogens with one attached hydrogen (secondary N) is 1. The molecule has 1 aliphatic rings. The molecule has 0 aromatic carbocycles. The Morgan fingerprint density at radius 3 is 2.20 bits per heavy atom. The largest absolute Gasteiger partial charge is 0.379 e. The Bertz CT molecular complexity index is 497. The maximum Gasteiger partial charge on any atom is 0.253 e. The number of imide groups is 1. The SMILES string of the molecule is CC(C)C(=O)CCOCCOCCNC(=O)CCN1C(=O)C=CC1=O. The van der Waals surface area contributed by atoms with Gasteiger partial charge in [-0.2, -0.15) is 0 Å². The molecule has 0 aromatic heterocycles. The first-order valence-electron chi connectivity index (χ1n) is 8.40. The first-order valence-corrected chi connectivity index (χ1v) is 8.40. The van der Waals surface area contributed by atoms with Gasteiger partial charge in [-0.15, -0.1) is 0 Å². The number of nitrogens with zero attached hydrogens (tertiary/aromatic N) is 1. The molecule has 8 nitrogen and oxygen atoms in total. The zero-order valence-corrected chi connectivity index (χ0v) is 14.8. The van der Waals surface area contributed by atoms with Crippen LogP contribution >= 0.6 is 0 Å². The molecule has 1 aliphatic heterocycles. The molecule has 0 aliphatic carbocycles. The summed E-state index contributed by atoms with van der Waals surface area (Å²) in [6.45, 7) is 5.63. The lowest BCUT2D eigenvalue weighted by Gasteiger charge is -2.13. The zero-order chi connectivity index (χ0) is 18.7. The van der Waals surface area contributed by atoms with E-state index in [1.54, 1.807) is 0 Å². The first-order chi connectivity index (χ1) is 11.9. The summed E-state index contributed by atoms with van der Waals surface area (Å²) in [6, 6.07) is 0. The maximum atomic E-state index is 11.6. The second-order valence-corrected chi connectivity index (χ2v) is 5.86. The Morgan fingerprint density at radius 1 is 1.00 bits per heavy atom. The third-order valence-electron chi connectivity index (χ3n) is 3.54. The number of hydrogen-bond donors (Lipinski definition) is 1. The Morgan fingerprint density at radius 2 is 1.60 bits per heavy atom. The van der Waals surface area contributed by atoms with Gasteiger partial charge >= 0.3 is 0 Å². The second kappa shape index (κ2) is 11.5. The van der Waals surface area contributed by atoms with Gasteiger partial charge in [0.25, 0.3) is 11.8 Å². The fourth-order valence-corrected chi connectivity index (χ4v) is 2.00. The topological polar surface area (TPSA) is 102 Å². The quantitative estimate of drug-likeness (QED) is 0.371. The molecule has 1 heterocycles. The minimum atomic E-state index is -0.392. The van der Waals surface area contributed by atoms with E-state index in [4.69, 9.17) is 9.47 Å². The number of carbonyl (C=O) groups excluding carboxylic acids is 4. The third-order valence-corrected chi connectivity index (χ3v) is 3.54. The molecule has 0 radical (unpaired) electrons. The van der Waals surface area contributed by atoms with E-state index in [1.165, 1.54) is 12.2 Å². The van der Waals surface area contributed by atoms with Gasteiger partial charge in [0.1, 0.15) is 5.78 Å². The standard InChI is InChI=1S/C17H26N2O6/c1-13(2)14(20)6-9-24-11-12-25-10-7-18-15(21)5-8-19-16(22)3-4-17(19)23/h3-4,13H,5-12H2,1-2H3,(H,18,21). The van der Waals surface area contributed by atoms with E-state index in [1.807, 2.05) is 13.8 Å². The number of Topliss-reactive ketones (excluding diaryl/α,β-unsaturated/α-hetero) is 1. The van der Waals surface area contributed by atoms with Crippen LogP contribution in [0.5, 0.6) is 0 Å². The number of hydrogen-bond acceptors (Lipinski definition) is 6. The molecule has 0 aromatic rings. The number of ether oxygens (including phenoxy) is 2. The van der Waals surface area contributed by atoms with Crippen LogP contribution in [0.2, 0.25) is 0 Å². The zero-order valence-electron chi connectivity index (χ0n) is 14.8. The molecule has 0 saturated heterocycles. The highest BCUT2D eigenvalue weighted by Gasteiger charge is 2.23. The summed E-state index contributed by atoms with van der Waals surface area (Å²) in [5.74, 6) is -0.829. The van der Waals surface area contributed by atoms with Crippen molar-refractivity contribution in [2.24, 2.45) is 5.92 Å². The van der Waals surface area contributed by atoms with E-state index in [-0.39, 0.29) is 30.6 Å². The summed E-state index contributed by atoms with van der Waals surface area (Å²) in [4.78, 5) is 46.6. The molecule has 0 fully saturated rings. The summed E-state index contributed by atoms with van der Waals surface area (Å²) in [5, 5.41) is 2.65. The molecule has 0 spiro atoms. The Kier molecular flexibility index (Phi) is 9.64. The first kappa shape index (κ1) is 21.0. The lowest BCUT2D eigenvalue weighted by molar-refractivity contribution is -0.137. The Hall–Kier alpha value is -2.06. The average Bonchev–Trinajstić information content (AvgIpc) is 2.89. The molecule has 0 unspecified atom stereocenters. The molecule has 0 atom stereocenters. The van der Waals surface area contributed by atoms with E-state index in [0.717, 1.165) is 4.90 Å². The Balaban J connectivity index is 1.92. The van der Waals surface area contributed by atoms with Gasteiger partial charge in [-0.05, 0) is 0 Å². The minimum Gasteiger partial charge on any atom is -0.379 e. The van der Waals surface area contributed by atoms with Crippen LogP contribution in [0.4, 0.5) is 0 Å². The predicted octanol–water partition coefficient (Wildman–Crippen LogP) is 0.0661. The monoisotopic (exact) mass is 354 g/mol. The number of carbonyl (C=O) groups is 4. The van der Waals surface area contributed by atoms with Crippen LogP contribution in [0.1, 0.15) is 26.7 Å². The van der Waals surface area contributed by atoms with Gasteiger partial charge in [-0.3, -0.25) is 24.1 Å². The number of ketones is 1. The summed E-state index contributed by atoms with van der Waals surface area (Å²) < 4.78 is 10.6. The van der Waals surface area contributed by atoms with E-state index < -0.39 is 11.8 Å². The van der Waals surface area contributed by atoms with Crippen molar-refractivity contribution in [2.45, 2.75) is 26.7 Å². The highest BCUT2D eigenvalue weighted by Crippen LogP contribution is 2.03. The van der Waals surface area contributed by atoms with Gasteiger partial charge in [0.2, 0.25) is 5.91 Å². The van der Waals surface area contributed by atoms with Crippen molar-refractivity contribution in [3.8, 4) is 0 Å². The third kappa shape index (κ3) is 8.55. The highest BCUT2D eigenvalue weighted by molar-refractivity contribution is 6.13. The predicted molar refractivity (Wildman–Crippen MR) is 89.6 cm³/mol. The molecular formula is C17H26N2O6. The fourth-order valence-electron chi connectivity index (χ4n) is 2.00. The summed E-state index contributed by atoms with van der Waals surface area (Å²) in [7, 11) is 0. The lowest BCUT2D eigenvalue weighted by Crippen LogP contribution is -2.35. The van der Waals surface area contributed by atoms with Gasteiger partial charge in [0.15, 0.2) is 0 Å². The van der Waals surface area contributed by atoms with Gasteiger partial charge in [0, 0.05) is 44.0 Å². The summed E-state index contributed by atoms with van der Waals surface area (Å²) >= 11 is 0. The van der Waals surface area contributed by atoms with Crippen molar-refractivity contribution < 1.29 is 28.7 Å². The molecule has 140 valence electrons. The van der Waals surface area contributed by atoms with Crippen molar-refractivity contribution in [2.75, 3.05) is 39.5 Å². The average molecular weight is 354 g/mol. The van der Waals surface area contributed by atoms with Crippen LogP contribution < -0.4 is 5.32 Å². The van der Waals surface area contributed by atoms with Crippen LogP contribution in [0.3, 0.4) is 0 Å². The van der Waals surface area contributed by atoms with Crippen LogP contribution in [-0.4, -0.2) is 67.9 Å². The van der Waals surface area contributed by atoms with Gasteiger partial charge < -0.3 is 14.8 Å². The van der Waals surface area contributed by atoms with Crippen molar-refractivity contribution in [3.63, 3.8) is 0 Å². The second-order valence-electron chi connectivity index (χ2n) is 5.86. The normalized spacial score (nSPS) is 13.8. The maximum absolute atomic E-state index is 11.6. The minimum absolute atomic E-state index is 0.0291. The smallest absolute Gasteiger partial charge is 0.253 e. The molecule has 25 heavy (non-hydrogen) atoms. The van der Waals surface area contributed by atoms with Crippen molar-refractivity contribution in [1.29, 1.82) is 0 Å². The van der Waals surface area contributed by atoms with Crippen LogP contribution in [0, 0.1) is 5.92 Å². The van der Waals surface area contributed by atoms with Crippen molar-refractivity contribution >= 4 is 23.5 Å². The van der Waals surface area contributed by atoms with E-state index in [0.29, 0.717) is 39.4 Å². The Labute approximate surface area is 147 Å². The molecular weight excluding hydrogens is 328 g/mol. The van der Waals surface area contributed by atoms with Crippen molar-refractivity contribution in [1.82, 2.24) is 10.2 Å². The summed E-state index contributed by atoms with van der Waals surface area (Å²) in [5.41, 5.74) is 0. The molecule has 1 rings (SSSR count). The number of amides is 3. The van der Waals surface area contributed by atoms with Gasteiger partial charge in [-0.25, -0.2) is 0 Å². The highest BCUT2D eigenvalue weighted by atomic mass is 16.5. The summed E-state index contributed by atoms with van der Waals surface area (Å²) in [6.07, 6.45) is 2.85. The van der Waals surface area contributed by atoms with Crippen molar-refractivity contribution in [3.05, 3.63) is 12.2 Å². The van der Waals surface area contributed by atoms with Crippen LogP contribution in [0.15, 0.2) is 12.2 Å². The van der Waals surface area contributed by atoms with Crippen LogP contribution in [0.25, 0.3) is 0 Å². The van der Waals surface area contributed by atoms with E-state index in [2.05, 4.69) is 5.32 Å². The molecule has 8 heteroatoms. The van der Waals surface area contributed by atoms with Crippen LogP contribution in [-0.2, 0) is 28.7 Å². The van der Waals surface area contributed by atoms with Gasteiger partial charge in [-0.1, -0.05) is 13.8 Å².